The molecule has 5 rings (SSSR count). The third-order valence-electron chi connectivity index (χ3n) is 7.15. The fraction of sp³-hybridized carbons (Fsp3) is 0.545. The van der Waals surface area contributed by atoms with E-state index in [-0.39, 0.29) is 36.0 Å². The van der Waals surface area contributed by atoms with Crippen LogP contribution in [0.2, 0.25) is 0 Å². The molecule has 2 amide bonds. The highest BCUT2D eigenvalue weighted by atomic mass is 16.2. The van der Waals surface area contributed by atoms with Crippen LogP contribution in [0.1, 0.15) is 37.8 Å². The number of likely N-dealkylation sites (tertiary alicyclic amines) is 3. The zero-order chi connectivity index (χ0) is 23.1. The number of carbonyl (C=O) groups is 2. The second-order valence-corrected chi connectivity index (χ2v) is 9.08. The van der Waals surface area contributed by atoms with Gasteiger partial charge in [-0.3, -0.25) is 14.5 Å². The van der Waals surface area contributed by atoms with Gasteiger partial charge in [-0.15, -0.1) is 5.10 Å². The second kappa shape index (κ2) is 8.53. The predicted octanol–water partition coefficient (Wildman–Crippen LogP) is 0.0547. The van der Waals surface area contributed by atoms with E-state index in [0.29, 0.717) is 31.9 Å². The van der Waals surface area contributed by atoms with E-state index in [4.69, 9.17) is 5.73 Å². The van der Waals surface area contributed by atoms with Gasteiger partial charge in [0.25, 0.3) is 0 Å². The molecule has 33 heavy (non-hydrogen) atoms. The summed E-state index contributed by atoms with van der Waals surface area (Å²) in [6.45, 7) is 3.63. The van der Waals surface area contributed by atoms with Gasteiger partial charge in [0.15, 0.2) is 5.82 Å². The highest BCUT2D eigenvalue weighted by Gasteiger charge is 2.51. The molecule has 3 aliphatic heterocycles. The number of H-pyrrole nitrogens is 1. The van der Waals surface area contributed by atoms with Crippen molar-refractivity contribution in [3.8, 4) is 17.5 Å². The minimum absolute atomic E-state index is 0.0706. The molecule has 3 fully saturated rings. The lowest BCUT2D eigenvalue weighted by Gasteiger charge is -2.38. The van der Waals surface area contributed by atoms with E-state index in [0.717, 1.165) is 24.0 Å². The Bertz CT molecular complexity index is 1080. The number of nitriles is 1. The maximum Gasteiger partial charge on any atom is 0.241 e. The van der Waals surface area contributed by atoms with Crippen LogP contribution in [0, 0.1) is 11.3 Å². The molecule has 11 nitrogen and oxygen atoms in total. The van der Waals surface area contributed by atoms with E-state index in [1.807, 2.05) is 41.0 Å². The molecule has 1 aromatic carbocycles. The summed E-state index contributed by atoms with van der Waals surface area (Å²) in [6.07, 6.45) is 2.26. The number of nitrogens with zero attached hydrogens (tertiary/aromatic N) is 7. The first-order valence-corrected chi connectivity index (χ1v) is 11.3. The van der Waals surface area contributed by atoms with Gasteiger partial charge in [0.05, 0.1) is 24.2 Å². The predicted molar refractivity (Wildman–Crippen MR) is 117 cm³/mol. The van der Waals surface area contributed by atoms with Gasteiger partial charge in [-0.05, 0) is 48.2 Å². The number of hydrogen-bond donors (Lipinski definition) is 2. The Morgan fingerprint density at radius 3 is 3.00 bits per heavy atom. The van der Waals surface area contributed by atoms with Crippen molar-refractivity contribution in [2.45, 2.75) is 56.4 Å². The van der Waals surface area contributed by atoms with Crippen LogP contribution < -0.4 is 5.73 Å². The lowest BCUT2D eigenvalue weighted by molar-refractivity contribution is -0.140. The van der Waals surface area contributed by atoms with E-state index in [1.165, 1.54) is 0 Å². The number of piperazine rings is 1. The van der Waals surface area contributed by atoms with Crippen LogP contribution in [0.4, 0.5) is 0 Å². The maximum absolute atomic E-state index is 13.3. The summed E-state index contributed by atoms with van der Waals surface area (Å²) in [7, 11) is 0. The van der Waals surface area contributed by atoms with Crippen LogP contribution in [0.15, 0.2) is 24.3 Å². The number of tetrazole rings is 1. The molecule has 1 aromatic heterocycles. The molecule has 4 heterocycles. The zero-order valence-electron chi connectivity index (χ0n) is 18.5. The quantitative estimate of drug-likeness (QED) is 0.629. The number of fused-ring (bicyclic) bond motifs is 2. The molecule has 2 bridgehead atoms. The molecular formula is C22H27N9O2. The van der Waals surface area contributed by atoms with Crippen LogP contribution in [0.25, 0.3) is 11.4 Å². The van der Waals surface area contributed by atoms with Crippen molar-refractivity contribution in [2.75, 3.05) is 19.6 Å². The smallest absolute Gasteiger partial charge is 0.241 e. The SMILES string of the molecule is CC(c1cccc(-c2nnn[nH]2)c1)N1C(=O)[C@@H]2C[C@H]1CN2CC(N)C(=O)N1CCCC1C#N. The van der Waals surface area contributed by atoms with Gasteiger partial charge >= 0.3 is 0 Å². The molecule has 3 aliphatic rings. The number of hydrogen-bond acceptors (Lipinski definition) is 8. The van der Waals surface area contributed by atoms with Gasteiger partial charge in [-0.2, -0.15) is 5.26 Å². The van der Waals surface area contributed by atoms with Crippen molar-refractivity contribution in [1.82, 2.24) is 35.3 Å². The summed E-state index contributed by atoms with van der Waals surface area (Å²) in [5, 5.41) is 23.2. The Labute approximate surface area is 191 Å². The molecule has 3 N–H and O–H groups in total. The summed E-state index contributed by atoms with van der Waals surface area (Å²) in [6, 6.07) is 8.65. The summed E-state index contributed by atoms with van der Waals surface area (Å²) in [5.74, 6) is 0.458. The molecule has 5 atom stereocenters. The number of nitrogens with one attached hydrogen (secondary N) is 1. The Morgan fingerprint density at radius 1 is 1.42 bits per heavy atom. The Kier molecular flexibility index (Phi) is 5.55. The Hall–Kier alpha value is -3.36. The van der Waals surface area contributed by atoms with Crippen molar-refractivity contribution in [1.29, 1.82) is 5.26 Å². The molecule has 0 aliphatic carbocycles. The van der Waals surface area contributed by atoms with Crippen LogP contribution >= 0.6 is 0 Å². The lowest BCUT2D eigenvalue weighted by atomic mass is 10.0. The van der Waals surface area contributed by atoms with E-state index >= 15 is 0 Å². The average molecular weight is 450 g/mol. The Morgan fingerprint density at radius 2 is 2.27 bits per heavy atom. The second-order valence-electron chi connectivity index (χ2n) is 9.08. The number of benzene rings is 1. The highest BCUT2D eigenvalue weighted by molar-refractivity contribution is 5.87. The molecule has 2 aromatic rings. The van der Waals surface area contributed by atoms with Gasteiger partial charge < -0.3 is 15.5 Å². The molecule has 172 valence electrons. The van der Waals surface area contributed by atoms with Crippen molar-refractivity contribution >= 4 is 11.8 Å². The Balaban J connectivity index is 1.24. The van der Waals surface area contributed by atoms with Gasteiger partial charge in [-0.1, -0.05) is 18.2 Å². The third-order valence-corrected chi connectivity index (χ3v) is 7.15. The number of rotatable bonds is 6. The first kappa shape index (κ1) is 21.5. The van der Waals surface area contributed by atoms with E-state index in [9.17, 15) is 14.9 Å². The molecular weight excluding hydrogens is 422 g/mol. The summed E-state index contributed by atoms with van der Waals surface area (Å²) >= 11 is 0. The van der Waals surface area contributed by atoms with E-state index in [1.54, 1.807) is 4.90 Å². The van der Waals surface area contributed by atoms with Gasteiger partial charge in [0, 0.05) is 31.2 Å². The van der Waals surface area contributed by atoms with E-state index in [2.05, 4.69) is 26.7 Å². The van der Waals surface area contributed by atoms with Crippen LogP contribution in [0.5, 0.6) is 0 Å². The maximum atomic E-state index is 13.3. The van der Waals surface area contributed by atoms with Gasteiger partial charge in [0.2, 0.25) is 11.8 Å². The van der Waals surface area contributed by atoms with Crippen molar-refractivity contribution < 1.29 is 9.59 Å². The van der Waals surface area contributed by atoms with Crippen LogP contribution in [-0.2, 0) is 9.59 Å². The largest absolute Gasteiger partial charge is 0.330 e. The van der Waals surface area contributed by atoms with Gasteiger partial charge in [0.1, 0.15) is 6.04 Å². The van der Waals surface area contributed by atoms with Crippen molar-refractivity contribution in [2.24, 2.45) is 5.73 Å². The summed E-state index contributed by atoms with van der Waals surface area (Å²) in [4.78, 5) is 31.6. The first-order valence-electron chi connectivity index (χ1n) is 11.3. The molecule has 3 unspecified atom stereocenters. The third kappa shape index (κ3) is 3.75. The van der Waals surface area contributed by atoms with E-state index < -0.39 is 6.04 Å². The normalized spacial score (nSPS) is 26.6. The summed E-state index contributed by atoms with van der Waals surface area (Å²) < 4.78 is 0. The standard InChI is InChI=1S/C22H27N9O2/c1-13(14-4-2-5-15(8-14)20-25-27-28-26-20)31-17-9-19(22(31)33)29(11-17)12-18(24)21(32)30-7-3-6-16(30)10-23/h2,4-5,8,13,16-19H,3,6-7,9,11-12,24H2,1H3,(H,25,26,27,28)/t13?,16?,17-,18?,19-/m0/s1. The first-order chi connectivity index (χ1) is 16.0. The molecule has 0 spiro atoms. The number of carbonyl (C=O) groups excluding carboxylic acids is 2. The number of aromatic nitrogens is 4. The van der Waals surface area contributed by atoms with Gasteiger partial charge in [-0.25, -0.2) is 5.10 Å². The fourth-order valence-corrected chi connectivity index (χ4v) is 5.49. The lowest BCUT2D eigenvalue weighted by Crippen LogP contribution is -2.56. The number of aromatic amines is 1. The number of nitrogens with two attached hydrogens (primary N) is 1. The minimum Gasteiger partial charge on any atom is -0.330 e. The molecule has 0 saturated carbocycles. The minimum atomic E-state index is -0.732. The average Bonchev–Trinajstić information content (AvgIpc) is 3.62. The summed E-state index contributed by atoms with van der Waals surface area (Å²) in [5.41, 5.74) is 8.11. The van der Waals surface area contributed by atoms with Crippen molar-refractivity contribution in [3.05, 3.63) is 29.8 Å². The van der Waals surface area contributed by atoms with Crippen LogP contribution in [-0.4, -0.2) is 90.9 Å². The molecule has 0 radical (unpaired) electrons. The van der Waals surface area contributed by atoms with Crippen LogP contribution in [0.3, 0.4) is 0 Å². The fourth-order valence-electron chi connectivity index (χ4n) is 5.49. The highest BCUT2D eigenvalue weighted by Crippen LogP contribution is 2.38. The molecule has 11 heteroatoms. The monoisotopic (exact) mass is 449 g/mol. The number of amides is 2. The topological polar surface area (TPSA) is 148 Å². The zero-order valence-corrected chi connectivity index (χ0v) is 18.5. The molecule has 3 saturated heterocycles. The van der Waals surface area contributed by atoms with Crippen molar-refractivity contribution in [3.63, 3.8) is 0 Å².